The van der Waals surface area contributed by atoms with E-state index in [0.717, 1.165) is 23.6 Å². The molecular formula is C17H23ClN2O2S. The minimum Gasteiger partial charge on any atom is -0.328 e. The molecule has 0 aliphatic carbocycles. The molecule has 4 nitrogen and oxygen atoms in total. The third kappa shape index (κ3) is 3.53. The number of halogens is 1. The molecule has 1 heterocycles. The average molecular weight is 355 g/mol. The Hall–Kier alpha value is -1.14. The molecule has 1 fully saturated rings. The highest BCUT2D eigenvalue weighted by Gasteiger charge is 2.31. The summed E-state index contributed by atoms with van der Waals surface area (Å²) in [6, 6.07) is 13.2. The molecule has 0 spiro atoms. The Kier molecular flexibility index (Phi) is 5.68. The summed E-state index contributed by atoms with van der Waals surface area (Å²) in [5, 5.41) is 1.74. The molecule has 6 heteroatoms. The van der Waals surface area contributed by atoms with Gasteiger partial charge >= 0.3 is 0 Å². The number of rotatable bonds is 3. The lowest BCUT2D eigenvalue weighted by molar-refractivity contribution is 0.251. The Labute approximate surface area is 144 Å². The Morgan fingerprint density at radius 3 is 2.35 bits per heavy atom. The number of benzene rings is 2. The Bertz CT molecular complexity index is 764. The maximum Gasteiger partial charge on any atom is 0.243 e. The molecule has 3 rings (SSSR count). The molecule has 1 saturated heterocycles. The van der Waals surface area contributed by atoms with E-state index in [1.807, 2.05) is 43.3 Å². The van der Waals surface area contributed by atoms with Crippen LogP contribution < -0.4 is 5.73 Å². The Balaban J connectivity index is 0.00000192. The van der Waals surface area contributed by atoms with Crippen LogP contribution in [0.5, 0.6) is 0 Å². The number of hydrogen-bond donors (Lipinski definition) is 1. The molecule has 1 unspecified atom stereocenters. The second kappa shape index (κ2) is 7.18. The van der Waals surface area contributed by atoms with E-state index >= 15 is 0 Å². The molecule has 1 aliphatic heterocycles. The van der Waals surface area contributed by atoms with Crippen molar-refractivity contribution in [3.05, 3.63) is 42.5 Å². The van der Waals surface area contributed by atoms with Crippen molar-refractivity contribution in [2.45, 2.75) is 30.7 Å². The molecule has 126 valence electrons. The zero-order valence-corrected chi connectivity index (χ0v) is 14.8. The van der Waals surface area contributed by atoms with E-state index < -0.39 is 10.0 Å². The van der Waals surface area contributed by atoms with Crippen LogP contribution in [-0.4, -0.2) is 31.9 Å². The number of fused-ring (bicyclic) bond motifs is 1. The standard InChI is InChI=1S/C17H22N2O2S.ClH/c1-13(18)14-9-11-19(12-10-14)22(20,21)17-8-4-6-15-5-2-3-7-16(15)17;/h2-8,13-14H,9-12,18H2,1H3;1H. The van der Waals surface area contributed by atoms with Crippen LogP contribution in [0.4, 0.5) is 0 Å². The normalized spacial score (nSPS) is 18.5. The van der Waals surface area contributed by atoms with Crippen molar-refractivity contribution in [2.24, 2.45) is 11.7 Å². The molecule has 2 aromatic carbocycles. The molecule has 23 heavy (non-hydrogen) atoms. The fraction of sp³-hybridized carbons (Fsp3) is 0.412. The topological polar surface area (TPSA) is 63.4 Å². The minimum atomic E-state index is -3.45. The van der Waals surface area contributed by atoms with E-state index in [1.54, 1.807) is 10.4 Å². The summed E-state index contributed by atoms with van der Waals surface area (Å²) < 4.78 is 27.5. The van der Waals surface area contributed by atoms with E-state index in [9.17, 15) is 8.42 Å². The number of nitrogens with two attached hydrogens (primary N) is 1. The summed E-state index contributed by atoms with van der Waals surface area (Å²) >= 11 is 0. The highest BCUT2D eigenvalue weighted by molar-refractivity contribution is 7.89. The fourth-order valence-corrected chi connectivity index (χ4v) is 4.89. The van der Waals surface area contributed by atoms with Gasteiger partial charge in [-0.1, -0.05) is 36.4 Å². The van der Waals surface area contributed by atoms with Crippen LogP contribution in [0.1, 0.15) is 19.8 Å². The number of nitrogens with zero attached hydrogens (tertiary/aromatic N) is 1. The van der Waals surface area contributed by atoms with Crippen molar-refractivity contribution in [1.29, 1.82) is 0 Å². The molecule has 0 radical (unpaired) electrons. The lowest BCUT2D eigenvalue weighted by Gasteiger charge is -2.33. The van der Waals surface area contributed by atoms with Crippen LogP contribution in [-0.2, 0) is 10.0 Å². The molecule has 2 N–H and O–H groups in total. The highest BCUT2D eigenvalue weighted by Crippen LogP contribution is 2.29. The third-order valence-electron chi connectivity index (χ3n) is 4.61. The first kappa shape index (κ1) is 18.2. The maximum atomic E-state index is 13.0. The number of hydrogen-bond acceptors (Lipinski definition) is 3. The smallest absolute Gasteiger partial charge is 0.243 e. The van der Waals surface area contributed by atoms with Gasteiger partial charge < -0.3 is 5.73 Å². The van der Waals surface area contributed by atoms with Gasteiger partial charge in [0.1, 0.15) is 0 Å². The van der Waals surface area contributed by atoms with Crippen LogP contribution in [0.25, 0.3) is 10.8 Å². The van der Waals surface area contributed by atoms with Gasteiger partial charge in [-0.2, -0.15) is 4.31 Å². The van der Waals surface area contributed by atoms with Crippen LogP contribution >= 0.6 is 12.4 Å². The van der Waals surface area contributed by atoms with Crippen LogP contribution in [0.15, 0.2) is 47.4 Å². The molecule has 0 amide bonds. The predicted octanol–water partition coefficient (Wildman–Crippen LogP) is 3.01. The largest absolute Gasteiger partial charge is 0.328 e. The maximum absolute atomic E-state index is 13.0. The monoisotopic (exact) mass is 354 g/mol. The first-order valence-electron chi connectivity index (χ1n) is 7.73. The summed E-state index contributed by atoms with van der Waals surface area (Å²) in [6.07, 6.45) is 1.67. The SMILES string of the molecule is CC(N)C1CCN(S(=O)(=O)c2cccc3ccccc23)CC1.Cl. The summed E-state index contributed by atoms with van der Waals surface area (Å²) in [6.45, 7) is 3.11. The van der Waals surface area contributed by atoms with E-state index in [4.69, 9.17) is 5.73 Å². The second-order valence-electron chi connectivity index (χ2n) is 6.08. The molecule has 0 bridgehead atoms. The van der Waals surface area contributed by atoms with Crippen molar-refractivity contribution in [2.75, 3.05) is 13.1 Å². The summed E-state index contributed by atoms with van der Waals surface area (Å²) in [4.78, 5) is 0.407. The molecule has 0 aromatic heterocycles. The Morgan fingerprint density at radius 1 is 1.09 bits per heavy atom. The quantitative estimate of drug-likeness (QED) is 0.921. The van der Waals surface area contributed by atoms with E-state index in [1.165, 1.54) is 0 Å². The van der Waals surface area contributed by atoms with Gasteiger partial charge in [-0.3, -0.25) is 0 Å². The van der Waals surface area contributed by atoms with Crippen molar-refractivity contribution in [3.63, 3.8) is 0 Å². The molecule has 0 saturated carbocycles. The van der Waals surface area contributed by atoms with Gasteiger partial charge in [0, 0.05) is 24.5 Å². The lowest BCUT2D eigenvalue weighted by Crippen LogP contribution is -2.42. The number of sulfonamides is 1. The predicted molar refractivity (Wildman–Crippen MR) is 96.3 cm³/mol. The first-order chi connectivity index (χ1) is 10.5. The third-order valence-corrected chi connectivity index (χ3v) is 6.57. The molecular weight excluding hydrogens is 332 g/mol. The summed E-state index contributed by atoms with van der Waals surface area (Å²) in [7, 11) is -3.45. The van der Waals surface area contributed by atoms with Gasteiger partial charge in [-0.05, 0) is 37.1 Å². The second-order valence-corrected chi connectivity index (χ2v) is 7.98. The average Bonchev–Trinajstić information content (AvgIpc) is 2.54. The first-order valence-corrected chi connectivity index (χ1v) is 9.17. The van der Waals surface area contributed by atoms with Gasteiger partial charge in [0.05, 0.1) is 4.90 Å². The van der Waals surface area contributed by atoms with Gasteiger partial charge in [-0.15, -0.1) is 12.4 Å². The lowest BCUT2D eigenvalue weighted by atomic mass is 9.92. The van der Waals surface area contributed by atoms with Crippen molar-refractivity contribution in [3.8, 4) is 0 Å². The molecule has 1 aliphatic rings. The summed E-state index contributed by atoms with van der Waals surface area (Å²) in [5.74, 6) is 0.416. The minimum absolute atomic E-state index is 0. The molecule has 2 aromatic rings. The van der Waals surface area contributed by atoms with Crippen molar-refractivity contribution in [1.82, 2.24) is 4.31 Å². The van der Waals surface area contributed by atoms with E-state index in [0.29, 0.717) is 23.9 Å². The van der Waals surface area contributed by atoms with Crippen molar-refractivity contribution >= 4 is 33.2 Å². The highest BCUT2D eigenvalue weighted by atomic mass is 35.5. The van der Waals surface area contributed by atoms with E-state index in [-0.39, 0.29) is 18.4 Å². The van der Waals surface area contributed by atoms with Crippen LogP contribution in [0.3, 0.4) is 0 Å². The van der Waals surface area contributed by atoms with Crippen molar-refractivity contribution < 1.29 is 8.42 Å². The summed E-state index contributed by atoms with van der Waals surface area (Å²) in [5.41, 5.74) is 5.94. The van der Waals surface area contributed by atoms with E-state index in [2.05, 4.69) is 0 Å². The fourth-order valence-electron chi connectivity index (χ4n) is 3.20. The van der Waals surface area contributed by atoms with Gasteiger partial charge in [0.2, 0.25) is 10.0 Å². The zero-order chi connectivity index (χ0) is 15.7. The molecule has 1 atom stereocenters. The zero-order valence-electron chi connectivity index (χ0n) is 13.2. The van der Waals surface area contributed by atoms with Gasteiger partial charge in [0.15, 0.2) is 0 Å². The van der Waals surface area contributed by atoms with Crippen LogP contribution in [0.2, 0.25) is 0 Å². The number of piperidine rings is 1. The van der Waals surface area contributed by atoms with Gasteiger partial charge in [-0.25, -0.2) is 8.42 Å². The van der Waals surface area contributed by atoms with Gasteiger partial charge in [0.25, 0.3) is 0 Å². The van der Waals surface area contributed by atoms with Crippen LogP contribution in [0, 0.1) is 5.92 Å². The Morgan fingerprint density at radius 2 is 1.70 bits per heavy atom.